The average molecular weight is 268 g/mol. The Hall–Kier alpha value is -1.79. The van der Waals surface area contributed by atoms with E-state index in [0.717, 1.165) is 0 Å². The molecule has 0 aliphatic rings. The van der Waals surface area contributed by atoms with Crippen molar-refractivity contribution in [3.8, 4) is 5.75 Å². The molecule has 6 heteroatoms. The van der Waals surface area contributed by atoms with Crippen LogP contribution >= 0.6 is 0 Å². The number of nitrogens with two attached hydrogens (primary N) is 1. The molecule has 19 heavy (non-hydrogen) atoms. The van der Waals surface area contributed by atoms with Crippen LogP contribution in [-0.4, -0.2) is 28.5 Å². The third kappa shape index (κ3) is 4.76. The summed E-state index contributed by atoms with van der Waals surface area (Å²) in [5.41, 5.74) is 5.39. The van der Waals surface area contributed by atoms with Crippen LogP contribution in [-0.2, 0) is 4.74 Å². The van der Waals surface area contributed by atoms with Crippen molar-refractivity contribution in [3.63, 3.8) is 0 Å². The number of rotatable bonds is 3. The Kier molecular flexibility index (Phi) is 4.74. The molecule has 0 spiro atoms. The molecule has 0 unspecified atom stereocenters. The van der Waals surface area contributed by atoms with Gasteiger partial charge in [-0.25, -0.2) is 4.79 Å². The second-order valence-electron chi connectivity index (χ2n) is 5.15. The highest BCUT2D eigenvalue weighted by Crippen LogP contribution is 2.27. The number of phenols is 1. The minimum absolute atomic E-state index is 0.0522. The van der Waals surface area contributed by atoms with Crippen LogP contribution < -0.4 is 11.1 Å². The Morgan fingerprint density at radius 2 is 2.11 bits per heavy atom. The van der Waals surface area contributed by atoms with Crippen LogP contribution in [0, 0.1) is 0 Å². The Balaban J connectivity index is 2.85. The lowest BCUT2D eigenvalue weighted by molar-refractivity contribution is 0.0635. The Bertz CT molecular complexity index is 454. The third-order valence-corrected chi connectivity index (χ3v) is 2.26. The summed E-state index contributed by atoms with van der Waals surface area (Å²) in [4.78, 5) is 11.6. The number of aromatic hydroxyl groups is 1. The number of nitrogens with one attached hydrogen (secondary N) is 1. The van der Waals surface area contributed by atoms with Gasteiger partial charge >= 0.3 is 6.09 Å². The van der Waals surface area contributed by atoms with Gasteiger partial charge in [0.2, 0.25) is 0 Å². The standard InChI is InChI=1S/C13H20N2O4/c1-13(2,3)19-12(18)15-9-6-8(11(17)7-14)4-5-10(9)16/h4-6,11,16-17H,7,14H2,1-3H3,(H,15,18)/t11-/m0/s1. The summed E-state index contributed by atoms with van der Waals surface area (Å²) in [6.07, 6.45) is -1.53. The van der Waals surface area contributed by atoms with Crippen molar-refractivity contribution in [3.05, 3.63) is 23.8 Å². The number of hydrogen-bond donors (Lipinski definition) is 4. The van der Waals surface area contributed by atoms with Gasteiger partial charge in [-0.1, -0.05) is 6.07 Å². The van der Waals surface area contributed by atoms with Gasteiger partial charge in [-0.3, -0.25) is 5.32 Å². The Morgan fingerprint density at radius 1 is 1.47 bits per heavy atom. The monoisotopic (exact) mass is 268 g/mol. The molecule has 106 valence electrons. The van der Waals surface area contributed by atoms with Crippen LogP contribution in [0.2, 0.25) is 0 Å². The van der Waals surface area contributed by atoms with Crippen LogP contribution in [0.4, 0.5) is 10.5 Å². The Morgan fingerprint density at radius 3 is 2.63 bits per heavy atom. The number of aliphatic hydroxyl groups excluding tert-OH is 1. The maximum absolute atomic E-state index is 11.6. The maximum Gasteiger partial charge on any atom is 0.412 e. The summed E-state index contributed by atoms with van der Waals surface area (Å²) in [6.45, 7) is 5.26. The van der Waals surface area contributed by atoms with Crippen molar-refractivity contribution >= 4 is 11.8 Å². The molecule has 0 heterocycles. The fourth-order valence-corrected chi connectivity index (χ4v) is 1.41. The number of benzene rings is 1. The van der Waals surface area contributed by atoms with E-state index in [1.807, 2.05) is 0 Å². The zero-order valence-corrected chi connectivity index (χ0v) is 11.3. The Labute approximate surface area is 112 Å². The second-order valence-corrected chi connectivity index (χ2v) is 5.15. The SMILES string of the molecule is CC(C)(C)OC(=O)Nc1cc([C@@H](O)CN)ccc1O. The molecule has 0 aromatic heterocycles. The maximum atomic E-state index is 11.6. The van der Waals surface area contributed by atoms with Gasteiger partial charge in [0.05, 0.1) is 11.8 Å². The smallest absolute Gasteiger partial charge is 0.412 e. The minimum Gasteiger partial charge on any atom is -0.506 e. The van der Waals surface area contributed by atoms with E-state index in [1.54, 1.807) is 20.8 Å². The average Bonchev–Trinajstić information content (AvgIpc) is 2.28. The van der Waals surface area contributed by atoms with Crippen molar-refractivity contribution in [2.24, 2.45) is 5.73 Å². The van der Waals surface area contributed by atoms with Gasteiger partial charge in [-0.2, -0.15) is 0 Å². The summed E-state index contributed by atoms with van der Waals surface area (Å²) in [7, 11) is 0. The minimum atomic E-state index is -0.847. The highest BCUT2D eigenvalue weighted by atomic mass is 16.6. The van der Waals surface area contributed by atoms with Crippen LogP contribution in [0.25, 0.3) is 0 Å². The summed E-state index contributed by atoms with van der Waals surface area (Å²) < 4.78 is 5.07. The molecule has 6 nitrogen and oxygen atoms in total. The van der Waals surface area contributed by atoms with Crippen LogP contribution in [0.15, 0.2) is 18.2 Å². The van der Waals surface area contributed by atoms with Crippen molar-refractivity contribution < 1.29 is 19.7 Å². The van der Waals surface area contributed by atoms with E-state index in [9.17, 15) is 15.0 Å². The summed E-state index contributed by atoms with van der Waals surface area (Å²) in [5.74, 6) is -0.112. The van der Waals surface area contributed by atoms with Gasteiger partial charge in [0.15, 0.2) is 0 Å². The predicted molar refractivity (Wildman–Crippen MR) is 72.0 cm³/mol. The van der Waals surface area contributed by atoms with Crippen LogP contribution in [0.1, 0.15) is 32.4 Å². The number of anilines is 1. The number of phenolic OH excluding ortho intramolecular Hbond substituents is 1. The topological polar surface area (TPSA) is 105 Å². The number of aliphatic hydroxyl groups is 1. The van der Waals surface area contributed by atoms with Gasteiger partial charge in [0.1, 0.15) is 11.4 Å². The lowest BCUT2D eigenvalue weighted by atomic mass is 10.1. The number of carbonyl (C=O) groups is 1. The molecule has 1 aromatic carbocycles. The van der Waals surface area contributed by atoms with E-state index in [0.29, 0.717) is 5.56 Å². The van der Waals surface area contributed by atoms with E-state index in [2.05, 4.69) is 5.32 Å². The first-order valence-electron chi connectivity index (χ1n) is 5.94. The first kappa shape index (κ1) is 15.3. The van der Waals surface area contributed by atoms with E-state index < -0.39 is 17.8 Å². The van der Waals surface area contributed by atoms with Gasteiger partial charge in [-0.05, 0) is 38.5 Å². The number of carbonyl (C=O) groups excluding carboxylic acids is 1. The summed E-state index contributed by atoms with van der Waals surface area (Å²) in [6, 6.07) is 4.37. The first-order chi connectivity index (χ1) is 8.73. The van der Waals surface area contributed by atoms with Gasteiger partial charge in [0, 0.05) is 6.54 Å². The largest absolute Gasteiger partial charge is 0.506 e. The molecule has 1 rings (SSSR count). The molecule has 0 saturated heterocycles. The molecular formula is C13H20N2O4. The van der Waals surface area contributed by atoms with E-state index in [1.165, 1.54) is 18.2 Å². The fourth-order valence-electron chi connectivity index (χ4n) is 1.41. The molecule has 1 amide bonds. The number of amides is 1. The van der Waals surface area contributed by atoms with E-state index >= 15 is 0 Å². The molecule has 0 radical (unpaired) electrons. The van der Waals surface area contributed by atoms with Crippen molar-refractivity contribution in [1.29, 1.82) is 0 Å². The molecule has 0 aliphatic carbocycles. The predicted octanol–water partition coefficient (Wildman–Crippen LogP) is 1.73. The zero-order chi connectivity index (χ0) is 14.6. The summed E-state index contributed by atoms with van der Waals surface area (Å²) in [5, 5.41) is 21.7. The van der Waals surface area contributed by atoms with Gasteiger partial charge in [-0.15, -0.1) is 0 Å². The fraction of sp³-hybridized carbons (Fsp3) is 0.462. The van der Waals surface area contributed by atoms with Crippen molar-refractivity contribution in [1.82, 2.24) is 0 Å². The molecule has 1 aromatic rings. The van der Waals surface area contributed by atoms with Crippen molar-refractivity contribution in [2.75, 3.05) is 11.9 Å². The second kappa shape index (κ2) is 5.90. The van der Waals surface area contributed by atoms with Crippen LogP contribution in [0.5, 0.6) is 5.75 Å². The molecule has 0 bridgehead atoms. The lowest BCUT2D eigenvalue weighted by Crippen LogP contribution is -2.27. The van der Waals surface area contributed by atoms with Gasteiger partial charge in [0.25, 0.3) is 0 Å². The highest BCUT2D eigenvalue weighted by molar-refractivity contribution is 5.87. The number of ether oxygens (including phenoxy) is 1. The van der Waals surface area contributed by atoms with E-state index in [-0.39, 0.29) is 18.0 Å². The van der Waals surface area contributed by atoms with Crippen molar-refractivity contribution in [2.45, 2.75) is 32.5 Å². The molecule has 1 atom stereocenters. The molecular weight excluding hydrogens is 248 g/mol. The number of hydrogen-bond acceptors (Lipinski definition) is 5. The molecule has 0 saturated carbocycles. The third-order valence-electron chi connectivity index (χ3n) is 2.26. The molecule has 0 fully saturated rings. The zero-order valence-electron chi connectivity index (χ0n) is 11.3. The normalized spacial score (nSPS) is 12.9. The molecule has 0 aliphatic heterocycles. The van der Waals surface area contributed by atoms with E-state index in [4.69, 9.17) is 10.5 Å². The lowest BCUT2D eigenvalue weighted by Gasteiger charge is -2.20. The summed E-state index contributed by atoms with van der Waals surface area (Å²) >= 11 is 0. The van der Waals surface area contributed by atoms with Gasteiger partial charge < -0.3 is 20.7 Å². The van der Waals surface area contributed by atoms with Crippen LogP contribution in [0.3, 0.4) is 0 Å². The quantitative estimate of drug-likeness (QED) is 0.625. The first-order valence-corrected chi connectivity index (χ1v) is 5.94. The molecule has 5 N–H and O–H groups in total. The highest BCUT2D eigenvalue weighted by Gasteiger charge is 2.18.